The van der Waals surface area contributed by atoms with E-state index < -0.39 is 0 Å². The molecule has 1 unspecified atom stereocenters. The molecule has 2 heterocycles. The van der Waals surface area contributed by atoms with Crippen molar-refractivity contribution in [3.8, 4) is 0 Å². The van der Waals surface area contributed by atoms with Crippen LogP contribution < -0.4 is 5.32 Å². The standard InChI is InChI=1S/C17H23ClN4.2ClH/c1-13(2)22-9-7-20-17(22)12-21-8-6-19-11-16(21)14-4-3-5-15(18)10-14;;/h3-5,7,9-10,13,16,19H,6,8,11-12H2,1-2H3;2*1H. The van der Waals surface area contributed by atoms with Crippen molar-refractivity contribution in [1.82, 2.24) is 19.8 Å². The number of piperazine rings is 1. The van der Waals surface area contributed by atoms with Gasteiger partial charge in [0.05, 0.1) is 6.54 Å². The third kappa shape index (κ3) is 4.87. The van der Waals surface area contributed by atoms with Crippen LogP contribution in [-0.2, 0) is 6.54 Å². The molecule has 0 spiro atoms. The predicted octanol–water partition coefficient (Wildman–Crippen LogP) is 4.11. The van der Waals surface area contributed by atoms with E-state index >= 15 is 0 Å². The summed E-state index contributed by atoms with van der Waals surface area (Å²) < 4.78 is 2.25. The van der Waals surface area contributed by atoms with Crippen LogP contribution in [0.15, 0.2) is 36.7 Å². The maximum atomic E-state index is 6.17. The number of nitrogens with one attached hydrogen (secondary N) is 1. The Balaban J connectivity index is 0.00000144. The van der Waals surface area contributed by atoms with Crippen LogP contribution in [0.4, 0.5) is 0 Å². The van der Waals surface area contributed by atoms with Gasteiger partial charge in [-0.2, -0.15) is 0 Å². The van der Waals surface area contributed by atoms with Crippen molar-refractivity contribution in [2.24, 2.45) is 0 Å². The van der Waals surface area contributed by atoms with Gasteiger partial charge in [-0.1, -0.05) is 23.7 Å². The largest absolute Gasteiger partial charge is 0.331 e. The molecular weight excluding hydrogens is 367 g/mol. The second-order valence-electron chi connectivity index (χ2n) is 6.09. The third-order valence-electron chi connectivity index (χ3n) is 4.24. The lowest BCUT2D eigenvalue weighted by Gasteiger charge is -2.36. The van der Waals surface area contributed by atoms with Crippen LogP contribution in [0.1, 0.15) is 37.3 Å². The van der Waals surface area contributed by atoms with Gasteiger partial charge in [-0.05, 0) is 31.5 Å². The minimum Gasteiger partial charge on any atom is -0.331 e. The Morgan fingerprint density at radius 3 is 2.83 bits per heavy atom. The van der Waals surface area contributed by atoms with Gasteiger partial charge in [-0.3, -0.25) is 4.90 Å². The first-order valence-electron chi connectivity index (χ1n) is 7.87. The van der Waals surface area contributed by atoms with Crippen molar-refractivity contribution in [1.29, 1.82) is 0 Å². The summed E-state index contributed by atoms with van der Waals surface area (Å²) in [7, 11) is 0. The highest BCUT2D eigenvalue weighted by molar-refractivity contribution is 6.30. The van der Waals surface area contributed by atoms with E-state index in [1.165, 1.54) is 5.56 Å². The monoisotopic (exact) mass is 390 g/mol. The van der Waals surface area contributed by atoms with Crippen molar-refractivity contribution < 1.29 is 0 Å². The summed E-state index contributed by atoms with van der Waals surface area (Å²) in [5.74, 6) is 1.13. The van der Waals surface area contributed by atoms with E-state index in [4.69, 9.17) is 11.6 Å². The van der Waals surface area contributed by atoms with Gasteiger partial charge < -0.3 is 9.88 Å². The van der Waals surface area contributed by atoms with Crippen LogP contribution in [0, 0.1) is 0 Å². The lowest BCUT2D eigenvalue weighted by atomic mass is 10.0. The zero-order valence-electron chi connectivity index (χ0n) is 14.0. The zero-order valence-corrected chi connectivity index (χ0v) is 16.4. The van der Waals surface area contributed by atoms with Crippen molar-refractivity contribution in [3.63, 3.8) is 0 Å². The van der Waals surface area contributed by atoms with Crippen molar-refractivity contribution >= 4 is 36.4 Å². The molecule has 0 saturated carbocycles. The minimum atomic E-state index is 0. The van der Waals surface area contributed by atoms with Crippen LogP contribution in [0.2, 0.25) is 5.02 Å². The zero-order chi connectivity index (χ0) is 15.5. The third-order valence-corrected chi connectivity index (χ3v) is 4.47. The number of halogens is 3. The molecule has 1 saturated heterocycles. The topological polar surface area (TPSA) is 33.1 Å². The van der Waals surface area contributed by atoms with Gasteiger partial charge in [0.2, 0.25) is 0 Å². The SMILES string of the molecule is CC(C)n1ccnc1CN1CCNCC1c1cccc(Cl)c1.Cl.Cl. The number of nitrogens with zero attached hydrogens (tertiary/aromatic N) is 3. The van der Waals surface area contributed by atoms with E-state index in [2.05, 4.69) is 51.9 Å². The normalized spacial score (nSPS) is 18.1. The summed E-state index contributed by atoms with van der Waals surface area (Å²) >= 11 is 6.17. The highest BCUT2D eigenvalue weighted by Crippen LogP contribution is 2.26. The van der Waals surface area contributed by atoms with Gasteiger partial charge in [0.25, 0.3) is 0 Å². The maximum Gasteiger partial charge on any atom is 0.123 e. The number of hydrogen-bond acceptors (Lipinski definition) is 3. The fourth-order valence-electron chi connectivity index (χ4n) is 3.10. The van der Waals surface area contributed by atoms with Gasteiger partial charge in [-0.25, -0.2) is 4.98 Å². The van der Waals surface area contributed by atoms with Gasteiger partial charge in [0.1, 0.15) is 5.82 Å². The summed E-state index contributed by atoms with van der Waals surface area (Å²) in [6.45, 7) is 8.23. The van der Waals surface area contributed by atoms with E-state index in [9.17, 15) is 0 Å². The molecule has 1 N–H and O–H groups in total. The Morgan fingerprint density at radius 2 is 2.12 bits per heavy atom. The van der Waals surface area contributed by atoms with Crippen LogP contribution in [-0.4, -0.2) is 34.1 Å². The number of imidazole rings is 1. The summed E-state index contributed by atoms with van der Waals surface area (Å²) in [5, 5.41) is 4.29. The van der Waals surface area contributed by atoms with Gasteiger partial charge in [0.15, 0.2) is 0 Å². The molecule has 1 aliphatic rings. The van der Waals surface area contributed by atoms with Crippen molar-refractivity contribution in [2.45, 2.75) is 32.5 Å². The molecule has 3 rings (SSSR count). The number of benzene rings is 1. The lowest BCUT2D eigenvalue weighted by Crippen LogP contribution is -2.45. The Bertz CT molecular complexity index is 630. The molecule has 1 aliphatic heterocycles. The average molecular weight is 392 g/mol. The molecule has 1 aromatic carbocycles. The van der Waals surface area contributed by atoms with Gasteiger partial charge in [0, 0.05) is 49.1 Å². The molecule has 2 aromatic rings. The second kappa shape index (κ2) is 9.64. The molecule has 134 valence electrons. The molecular formula is C17H25Cl3N4. The molecule has 0 bridgehead atoms. The van der Waals surface area contributed by atoms with E-state index in [1.807, 2.05) is 18.3 Å². The highest BCUT2D eigenvalue weighted by atomic mass is 35.5. The summed E-state index contributed by atoms with van der Waals surface area (Å²) in [5.41, 5.74) is 1.27. The van der Waals surface area contributed by atoms with E-state index in [0.29, 0.717) is 12.1 Å². The van der Waals surface area contributed by atoms with Crippen LogP contribution in [0.5, 0.6) is 0 Å². The molecule has 1 fully saturated rings. The maximum absolute atomic E-state index is 6.17. The molecule has 0 radical (unpaired) electrons. The van der Waals surface area contributed by atoms with Crippen LogP contribution >= 0.6 is 36.4 Å². The van der Waals surface area contributed by atoms with E-state index in [1.54, 1.807) is 0 Å². The first kappa shape index (κ1) is 21.3. The highest BCUT2D eigenvalue weighted by Gasteiger charge is 2.25. The Hall–Kier alpha value is -0.780. The molecule has 7 heteroatoms. The van der Waals surface area contributed by atoms with Gasteiger partial charge in [-0.15, -0.1) is 24.8 Å². The van der Waals surface area contributed by atoms with Gasteiger partial charge >= 0.3 is 0 Å². The lowest BCUT2D eigenvalue weighted by molar-refractivity contribution is 0.147. The molecule has 0 amide bonds. The Morgan fingerprint density at radius 1 is 1.33 bits per heavy atom. The molecule has 24 heavy (non-hydrogen) atoms. The first-order chi connectivity index (χ1) is 10.6. The first-order valence-corrected chi connectivity index (χ1v) is 8.25. The molecule has 1 aromatic heterocycles. The number of hydrogen-bond donors (Lipinski definition) is 1. The average Bonchev–Trinajstić information content (AvgIpc) is 2.96. The summed E-state index contributed by atoms with van der Waals surface area (Å²) in [4.78, 5) is 7.04. The quantitative estimate of drug-likeness (QED) is 0.851. The molecule has 1 atom stereocenters. The number of rotatable bonds is 4. The second-order valence-corrected chi connectivity index (χ2v) is 6.53. The van der Waals surface area contributed by atoms with Crippen LogP contribution in [0.3, 0.4) is 0 Å². The Kier molecular flexibility index (Phi) is 8.54. The smallest absolute Gasteiger partial charge is 0.123 e. The van der Waals surface area contributed by atoms with E-state index in [-0.39, 0.29) is 24.8 Å². The fourth-order valence-corrected chi connectivity index (χ4v) is 3.30. The molecule has 4 nitrogen and oxygen atoms in total. The van der Waals surface area contributed by atoms with Crippen molar-refractivity contribution in [2.75, 3.05) is 19.6 Å². The predicted molar refractivity (Wildman–Crippen MR) is 105 cm³/mol. The van der Waals surface area contributed by atoms with Crippen molar-refractivity contribution in [3.05, 3.63) is 53.1 Å². The fraction of sp³-hybridized carbons (Fsp3) is 0.471. The van der Waals surface area contributed by atoms with E-state index in [0.717, 1.165) is 37.0 Å². The summed E-state index contributed by atoms with van der Waals surface area (Å²) in [6, 6.07) is 8.96. The molecule has 0 aliphatic carbocycles. The number of aromatic nitrogens is 2. The Labute approximate surface area is 161 Å². The van der Waals surface area contributed by atoms with Crippen LogP contribution in [0.25, 0.3) is 0 Å². The minimum absolute atomic E-state index is 0. The summed E-state index contributed by atoms with van der Waals surface area (Å²) in [6.07, 6.45) is 3.96.